The molecule has 0 spiro atoms. The van der Waals surface area contributed by atoms with Crippen LogP contribution in [-0.4, -0.2) is 47.7 Å². The second-order valence-corrected chi connectivity index (χ2v) is 9.37. The molecule has 0 aromatic heterocycles. The summed E-state index contributed by atoms with van der Waals surface area (Å²) < 4.78 is 43.5. The summed E-state index contributed by atoms with van der Waals surface area (Å²) in [5, 5.41) is 2.83. The van der Waals surface area contributed by atoms with Crippen molar-refractivity contribution in [1.29, 1.82) is 0 Å². The van der Waals surface area contributed by atoms with Crippen LogP contribution >= 0.6 is 0 Å². The van der Waals surface area contributed by atoms with E-state index in [1.165, 1.54) is 30.6 Å². The lowest BCUT2D eigenvalue weighted by molar-refractivity contribution is 0.0789. The van der Waals surface area contributed by atoms with Crippen LogP contribution in [0.5, 0.6) is 17.2 Å². The number of methoxy groups -OCH3 is 1. The number of carbonyl (C=O) groups excluding carboxylic acids is 1. The van der Waals surface area contributed by atoms with Crippen LogP contribution in [0.4, 0.5) is 5.69 Å². The molecule has 1 aliphatic rings. The maximum Gasteiger partial charge on any atom is 0.264 e. The van der Waals surface area contributed by atoms with Crippen molar-refractivity contribution in [2.45, 2.75) is 11.0 Å². The maximum atomic E-state index is 12.9. The molecule has 0 saturated heterocycles. The van der Waals surface area contributed by atoms with Crippen LogP contribution in [0.3, 0.4) is 0 Å². The van der Waals surface area contributed by atoms with Gasteiger partial charge in [-0.3, -0.25) is 9.10 Å². The molecule has 1 heterocycles. The number of anilines is 1. The number of hydrogen-bond donors (Lipinski definition) is 1. The van der Waals surface area contributed by atoms with E-state index in [0.29, 0.717) is 35.1 Å². The zero-order chi connectivity index (χ0) is 23.4. The molecule has 0 fully saturated rings. The number of fused-ring (bicyclic) bond motifs is 1. The van der Waals surface area contributed by atoms with E-state index in [9.17, 15) is 13.2 Å². The Morgan fingerprint density at radius 2 is 1.70 bits per heavy atom. The van der Waals surface area contributed by atoms with Crippen molar-refractivity contribution < 1.29 is 27.4 Å². The number of hydrogen-bond acceptors (Lipinski definition) is 6. The fraction of sp³-hybridized carbons (Fsp3) is 0.208. The number of nitrogens with zero attached hydrogens (tertiary/aromatic N) is 1. The van der Waals surface area contributed by atoms with Crippen LogP contribution in [0.1, 0.15) is 10.4 Å². The average molecular weight is 469 g/mol. The second-order valence-electron chi connectivity index (χ2n) is 7.40. The Labute approximate surface area is 192 Å². The van der Waals surface area contributed by atoms with Gasteiger partial charge in [-0.05, 0) is 60.7 Å². The van der Waals surface area contributed by atoms with Gasteiger partial charge in [-0.15, -0.1) is 0 Å². The van der Waals surface area contributed by atoms with Gasteiger partial charge in [0.15, 0.2) is 11.5 Å². The zero-order valence-electron chi connectivity index (χ0n) is 18.2. The van der Waals surface area contributed by atoms with Gasteiger partial charge in [-0.2, -0.15) is 0 Å². The fourth-order valence-corrected chi connectivity index (χ4v) is 4.54. The van der Waals surface area contributed by atoms with Crippen molar-refractivity contribution in [2.24, 2.45) is 0 Å². The van der Waals surface area contributed by atoms with E-state index in [1.54, 1.807) is 36.4 Å². The number of benzene rings is 3. The van der Waals surface area contributed by atoms with Gasteiger partial charge in [0.2, 0.25) is 0 Å². The topological polar surface area (TPSA) is 94.2 Å². The molecule has 1 amide bonds. The molecule has 3 aromatic carbocycles. The minimum absolute atomic E-state index is 0.142. The first-order valence-corrected chi connectivity index (χ1v) is 11.7. The molecule has 1 atom stereocenters. The summed E-state index contributed by atoms with van der Waals surface area (Å²) in [6.07, 6.45) is -0.302. The van der Waals surface area contributed by atoms with Crippen LogP contribution in [0.25, 0.3) is 0 Å². The molecule has 8 nitrogen and oxygen atoms in total. The summed E-state index contributed by atoms with van der Waals surface area (Å²) in [6.45, 7) is 0.616. The lowest BCUT2D eigenvalue weighted by Crippen LogP contribution is -2.40. The molecular weight excluding hydrogens is 444 g/mol. The molecule has 0 unspecified atom stereocenters. The van der Waals surface area contributed by atoms with Gasteiger partial charge in [0.25, 0.3) is 15.9 Å². The molecule has 1 aliphatic heterocycles. The number of para-hydroxylation sites is 2. The monoisotopic (exact) mass is 468 g/mol. The van der Waals surface area contributed by atoms with Gasteiger partial charge < -0.3 is 19.5 Å². The summed E-state index contributed by atoms with van der Waals surface area (Å²) >= 11 is 0. The lowest BCUT2D eigenvalue weighted by atomic mass is 10.2. The number of amides is 1. The SMILES string of the molecule is COc1ccc(S(=O)(=O)N(C)c2ccc(C(=O)NC[C@@H]3COc4ccccc4O3)cc2)cc1. The van der Waals surface area contributed by atoms with Crippen molar-refractivity contribution in [3.8, 4) is 17.2 Å². The molecule has 9 heteroatoms. The highest BCUT2D eigenvalue weighted by Gasteiger charge is 2.23. The highest BCUT2D eigenvalue weighted by molar-refractivity contribution is 7.92. The third kappa shape index (κ3) is 4.88. The van der Waals surface area contributed by atoms with E-state index in [0.717, 1.165) is 0 Å². The Bertz CT molecular complexity index is 1230. The second kappa shape index (κ2) is 9.41. The Hall–Kier alpha value is -3.72. The van der Waals surface area contributed by atoms with Crippen LogP contribution in [0.15, 0.2) is 77.7 Å². The van der Waals surface area contributed by atoms with Crippen LogP contribution in [-0.2, 0) is 10.0 Å². The van der Waals surface area contributed by atoms with Crippen molar-refractivity contribution in [1.82, 2.24) is 5.32 Å². The van der Waals surface area contributed by atoms with E-state index in [4.69, 9.17) is 14.2 Å². The molecular formula is C24H24N2O6S. The lowest BCUT2D eigenvalue weighted by Gasteiger charge is -2.26. The maximum absolute atomic E-state index is 12.9. The third-order valence-corrected chi connectivity index (χ3v) is 7.07. The van der Waals surface area contributed by atoms with Gasteiger partial charge in [-0.25, -0.2) is 8.42 Å². The number of ether oxygens (including phenoxy) is 3. The predicted molar refractivity (Wildman–Crippen MR) is 124 cm³/mol. The first-order valence-electron chi connectivity index (χ1n) is 10.3. The molecule has 172 valence electrons. The zero-order valence-corrected chi connectivity index (χ0v) is 19.0. The summed E-state index contributed by atoms with van der Waals surface area (Å²) in [6, 6.07) is 19.9. The van der Waals surface area contributed by atoms with E-state index in [1.807, 2.05) is 24.3 Å². The average Bonchev–Trinajstić information content (AvgIpc) is 2.86. The molecule has 3 aromatic rings. The van der Waals surface area contributed by atoms with Gasteiger partial charge in [0, 0.05) is 12.6 Å². The molecule has 0 aliphatic carbocycles. The van der Waals surface area contributed by atoms with Crippen molar-refractivity contribution >= 4 is 21.6 Å². The van der Waals surface area contributed by atoms with Crippen LogP contribution < -0.4 is 23.8 Å². The summed E-state index contributed by atoms with van der Waals surface area (Å²) in [7, 11) is -0.771. The molecule has 0 saturated carbocycles. The minimum Gasteiger partial charge on any atom is -0.497 e. The van der Waals surface area contributed by atoms with E-state index >= 15 is 0 Å². The van der Waals surface area contributed by atoms with E-state index in [2.05, 4.69) is 5.32 Å². The van der Waals surface area contributed by atoms with Gasteiger partial charge in [0.05, 0.1) is 24.2 Å². The fourth-order valence-electron chi connectivity index (χ4n) is 3.34. The molecule has 4 rings (SSSR count). The highest BCUT2D eigenvalue weighted by Crippen LogP contribution is 2.30. The number of carbonyl (C=O) groups is 1. The van der Waals surface area contributed by atoms with Crippen molar-refractivity contribution in [3.63, 3.8) is 0 Å². The summed E-state index contributed by atoms with van der Waals surface area (Å²) in [5.41, 5.74) is 0.842. The standard InChI is InChI=1S/C24H24N2O6S/c1-26(33(28,29)21-13-11-19(30-2)12-14-21)18-9-7-17(8-10-18)24(27)25-15-20-16-31-22-5-3-4-6-23(22)32-20/h3-14,20H,15-16H2,1-2H3,(H,25,27)/t20-/m1/s1. The van der Waals surface area contributed by atoms with Crippen molar-refractivity contribution in [2.75, 3.05) is 31.6 Å². The Morgan fingerprint density at radius 1 is 1.03 bits per heavy atom. The largest absolute Gasteiger partial charge is 0.497 e. The first-order chi connectivity index (χ1) is 15.9. The number of rotatable bonds is 7. The molecule has 0 bridgehead atoms. The third-order valence-electron chi connectivity index (χ3n) is 5.27. The van der Waals surface area contributed by atoms with E-state index in [-0.39, 0.29) is 23.5 Å². The predicted octanol–water partition coefficient (Wildman–Crippen LogP) is 3.09. The molecule has 33 heavy (non-hydrogen) atoms. The Kier molecular flexibility index (Phi) is 6.41. The molecule has 0 radical (unpaired) electrons. The summed E-state index contributed by atoms with van der Waals surface area (Å²) in [5.74, 6) is 1.61. The number of nitrogens with one attached hydrogen (secondary N) is 1. The Balaban J connectivity index is 1.37. The normalized spacial score (nSPS) is 14.9. The quantitative estimate of drug-likeness (QED) is 0.573. The van der Waals surface area contributed by atoms with Crippen molar-refractivity contribution in [3.05, 3.63) is 78.4 Å². The van der Waals surface area contributed by atoms with Crippen LogP contribution in [0.2, 0.25) is 0 Å². The Morgan fingerprint density at radius 3 is 2.36 bits per heavy atom. The van der Waals surface area contributed by atoms with Gasteiger partial charge in [0.1, 0.15) is 18.5 Å². The minimum atomic E-state index is -3.75. The first kappa shape index (κ1) is 22.5. The van der Waals surface area contributed by atoms with Crippen LogP contribution in [0, 0.1) is 0 Å². The van der Waals surface area contributed by atoms with Gasteiger partial charge in [-0.1, -0.05) is 12.1 Å². The molecule has 1 N–H and O–H groups in total. The van der Waals surface area contributed by atoms with Gasteiger partial charge >= 0.3 is 0 Å². The smallest absolute Gasteiger partial charge is 0.264 e. The highest BCUT2D eigenvalue weighted by atomic mass is 32.2. The van der Waals surface area contributed by atoms with E-state index < -0.39 is 10.0 Å². The number of sulfonamides is 1. The summed E-state index contributed by atoms with van der Waals surface area (Å²) in [4.78, 5) is 12.7.